The fourth-order valence-electron chi connectivity index (χ4n) is 2.31. The van der Waals surface area contributed by atoms with Crippen LogP contribution in [0, 0.1) is 6.92 Å². The molecule has 0 aliphatic heterocycles. The van der Waals surface area contributed by atoms with E-state index >= 15 is 0 Å². The molecule has 6 heteroatoms. The smallest absolute Gasteiger partial charge is 0.153 e. The summed E-state index contributed by atoms with van der Waals surface area (Å²) in [6.07, 6.45) is 8.75. The highest BCUT2D eigenvalue weighted by Gasteiger charge is 2.09. The Bertz CT molecular complexity index is 945. The lowest BCUT2D eigenvalue weighted by Crippen LogP contribution is -1.99. The molecule has 4 aromatic heterocycles. The van der Waals surface area contributed by atoms with Gasteiger partial charge in [0.1, 0.15) is 5.69 Å². The highest BCUT2D eigenvalue weighted by Crippen LogP contribution is 2.21. The molecule has 106 valence electrons. The Kier molecular flexibility index (Phi) is 2.86. The van der Waals surface area contributed by atoms with Crippen LogP contribution in [0.2, 0.25) is 0 Å². The molecule has 0 spiro atoms. The van der Waals surface area contributed by atoms with Crippen molar-refractivity contribution in [2.45, 2.75) is 6.92 Å². The number of aromatic nitrogens is 6. The van der Waals surface area contributed by atoms with Crippen molar-refractivity contribution in [1.29, 1.82) is 0 Å². The molecule has 0 aliphatic carbocycles. The lowest BCUT2D eigenvalue weighted by molar-refractivity contribution is 0.874. The van der Waals surface area contributed by atoms with E-state index in [0.717, 1.165) is 33.8 Å². The van der Waals surface area contributed by atoms with Crippen LogP contribution in [-0.2, 0) is 0 Å². The zero-order chi connectivity index (χ0) is 14.9. The van der Waals surface area contributed by atoms with Crippen LogP contribution in [0.3, 0.4) is 0 Å². The lowest BCUT2D eigenvalue weighted by Gasteiger charge is -2.04. The Labute approximate surface area is 126 Å². The highest BCUT2D eigenvalue weighted by molar-refractivity contribution is 5.82. The third kappa shape index (κ3) is 2.10. The van der Waals surface area contributed by atoms with Crippen LogP contribution in [0.25, 0.3) is 28.1 Å². The second-order valence-corrected chi connectivity index (χ2v) is 4.92. The van der Waals surface area contributed by atoms with Crippen LogP contribution in [0.15, 0.2) is 55.2 Å². The van der Waals surface area contributed by atoms with Crippen molar-refractivity contribution in [2.75, 3.05) is 0 Å². The van der Waals surface area contributed by atoms with Gasteiger partial charge in [0.05, 0.1) is 29.3 Å². The summed E-state index contributed by atoms with van der Waals surface area (Å²) in [5.74, 6) is 0.768. The number of aryl methyl sites for hydroxylation is 1. The average Bonchev–Trinajstić information content (AvgIpc) is 2.99. The van der Waals surface area contributed by atoms with E-state index in [1.54, 1.807) is 35.7 Å². The molecule has 4 heterocycles. The van der Waals surface area contributed by atoms with Gasteiger partial charge in [0.15, 0.2) is 5.82 Å². The fraction of sp³-hybridized carbons (Fsp3) is 0.0625. The number of nitrogens with zero attached hydrogens (tertiary/aromatic N) is 6. The highest BCUT2D eigenvalue weighted by atomic mass is 15.3. The number of hydrogen-bond acceptors (Lipinski definition) is 5. The molecular weight excluding hydrogens is 276 g/mol. The maximum Gasteiger partial charge on any atom is 0.153 e. The Morgan fingerprint density at radius 2 is 1.91 bits per heavy atom. The first-order valence-corrected chi connectivity index (χ1v) is 6.85. The summed E-state index contributed by atoms with van der Waals surface area (Å²) in [7, 11) is 0. The van der Waals surface area contributed by atoms with Crippen molar-refractivity contribution in [3.05, 3.63) is 60.9 Å². The van der Waals surface area contributed by atoms with Crippen LogP contribution in [0.5, 0.6) is 0 Å². The van der Waals surface area contributed by atoms with Crippen molar-refractivity contribution in [2.24, 2.45) is 0 Å². The predicted molar refractivity (Wildman–Crippen MR) is 82.4 cm³/mol. The maximum absolute atomic E-state index is 4.47. The first-order chi connectivity index (χ1) is 10.8. The largest absolute Gasteiger partial charge is 0.261 e. The molecule has 0 N–H and O–H groups in total. The monoisotopic (exact) mass is 288 g/mol. The average molecular weight is 288 g/mol. The zero-order valence-electron chi connectivity index (χ0n) is 11.9. The van der Waals surface area contributed by atoms with Gasteiger partial charge in [-0.05, 0) is 25.1 Å². The van der Waals surface area contributed by atoms with E-state index in [2.05, 4.69) is 25.0 Å². The van der Waals surface area contributed by atoms with Gasteiger partial charge in [-0.3, -0.25) is 9.97 Å². The number of hydrogen-bond donors (Lipinski definition) is 0. The van der Waals surface area contributed by atoms with Crippen molar-refractivity contribution >= 4 is 10.9 Å². The minimum Gasteiger partial charge on any atom is -0.261 e. The molecule has 0 fully saturated rings. The molecule has 4 rings (SSSR count). The quantitative estimate of drug-likeness (QED) is 0.567. The van der Waals surface area contributed by atoms with Gasteiger partial charge in [-0.15, -0.1) is 0 Å². The number of rotatable bonds is 2. The molecule has 6 nitrogen and oxygen atoms in total. The Morgan fingerprint density at radius 3 is 2.73 bits per heavy atom. The zero-order valence-corrected chi connectivity index (χ0v) is 11.9. The Balaban J connectivity index is 1.90. The van der Waals surface area contributed by atoms with Gasteiger partial charge in [-0.1, -0.05) is 6.07 Å². The van der Waals surface area contributed by atoms with Crippen LogP contribution in [-0.4, -0.2) is 29.7 Å². The molecule has 4 aromatic rings. The van der Waals surface area contributed by atoms with Gasteiger partial charge in [-0.2, -0.15) is 5.10 Å². The van der Waals surface area contributed by atoms with E-state index in [1.165, 1.54) is 0 Å². The molecule has 0 unspecified atom stereocenters. The first kappa shape index (κ1) is 12.6. The third-order valence-electron chi connectivity index (χ3n) is 3.34. The molecule has 0 radical (unpaired) electrons. The summed E-state index contributed by atoms with van der Waals surface area (Å²) < 4.78 is 1.80. The number of pyridine rings is 2. The molecule has 0 aromatic carbocycles. The maximum atomic E-state index is 4.47. The van der Waals surface area contributed by atoms with Gasteiger partial charge >= 0.3 is 0 Å². The third-order valence-corrected chi connectivity index (χ3v) is 3.34. The Morgan fingerprint density at radius 1 is 0.955 bits per heavy atom. The minimum absolute atomic E-state index is 0.746. The molecule has 0 aliphatic rings. The van der Waals surface area contributed by atoms with Crippen molar-refractivity contribution in [3.8, 4) is 17.2 Å². The second-order valence-electron chi connectivity index (χ2n) is 4.92. The summed E-state index contributed by atoms with van der Waals surface area (Å²) in [5, 5.41) is 5.35. The molecule has 0 bridgehead atoms. The molecule has 0 atom stereocenters. The molecule has 0 saturated heterocycles. The van der Waals surface area contributed by atoms with E-state index in [-0.39, 0.29) is 0 Å². The number of fused-ring (bicyclic) bond motifs is 1. The summed E-state index contributed by atoms with van der Waals surface area (Å²) in [5.41, 5.74) is 3.31. The first-order valence-electron chi connectivity index (χ1n) is 6.85. The fourth-order valence-corrected chi connectivity index (χ4v) is 2.31. The second kappa shape index (κ2) is 5.00. The molecule has 0 saturated carbocycles. The summed E-state index contributed by atoms with van der Waals surface area (Å²) in [6, 6.07) is 7.69. The van der Waals surface area contributed by atoms with E-state index in [9.17, 15) is 0 Å². The van der Waals surface area contributed by atoms with Crippen LogP contribution >= 0.6 is 0 Å². The van der Waals surface area contributed by atoms with Gasteiger partial charge in [0.25, 0.3) is 0 Å². The van der Waals surface area contributed by atoms with Gasteiger partial charge < -0.3 is 0 Å². The van der Waals surface area contributed by atoms with Crippen LogP contribution in [0.1, 0.15) is 5.69 Å². The molecule has 0 amide bonds. The standard InChI is InChI=1S/C16H12N6/c1-11-7-17-10-14(21-11)13-6-15-12(8-19-13)9-20-22(15)16-4-2-3-5-18-16/h2-10H,1H3. The summed E-state index contributed by atoms with van der Waals surface area (Å²) in [4.78, 5) is 17.4. The van der Waals surface area contributed by atoms with Crippen LogP contribution in [0.4, 0.5) is 0 Å². The van der Waals surface area contributed by atoms with Crippen molar-refractivity contribution in [3.63, 3.8) is 0 Å². The van der Waals surface area contributed by atoms with E-state index < -0.39 is 0 Å². The van der Waals surface area contributed by atoms with Gasteiger partial charge in [-0.25, -0.2) is 14.6 Å². The molecule has 22 heavy (non-hydrogen) atoms. The van der Waals surface area contributed by atoms with Crippen molar-refractivity contribution in [1.82, 2.24) is 29.7 Å². The van der Waals surface area contributed by atoms with Gasteiger partial charge in [0.2, 0.25) is 0 Å². The Hall–Kier alpha value is -3.15. The van der Waals surface area contributed by atoms with E-state index in [4.69, 9.17) is 0 Å². The van der Waals surface area contributed by atoms with E-state index in [1.807, 2.05) is 31.2 Å². The summed E-state index contributed by atoms with van der Waals surface area (Å²) >= 11 is 0. The normalized spacial score (nSPS) is 11.0. The molecular formula is C16H12N6. The van der Waals surface area contributed by atoms with Crippen molar-refractivity contribution < 1.29 is 0 Å². The SMILES string of the molecule is Cc1cncc(-c2cc3c(cn2)cnn3-c2ccccn2)n1. The lowest BCUT2D eigenvalue weighted by atomic mass is 10.2. The topological polar surface area (TPSA) is 69.4 Å². The van der Waals surface area contributed by atoms with Gasteiger partial charge in [0, 0.05) is 24.0 Å². The van der Waals surface area contributed by atoms with Crippen LogP contribution < -0.4 is 0 Å². The van der Waals surface area contributed by atoms with E-state index in [0.29, 0.717) is 0 Å². The minimum atomic E-state index is 0.746. The summed E-state index contributed by atoms with van der Waals surface area (Å²) in [6.45, 7) is 1.91. The predicted octanol–water partition coefficient (Wildman–Crippen LogP) is 2.58.